The van der Waals surface area contributed by atoms with Crippen molar-refractivity contribution in [3.63, 3.8) is 0 Å². The molecule has 0 unspecified atom stereocenters. The number of rotatable bonds is 3. The number of aromatic amines is 1. The average molecular weight is 266 g/mol. The van der Waals surface area contributed by atoms with Gasteiger partial charge < -0.3 is 15.0 Å². The molecule has 2 N–H and O–H groups in total. The lowest BCUT2D eigenvalue weighted by Gasteiger charge is -2.07. The van der Waals surface area contributed by atoms with Crippen molar-refractivity contribution in [3.05, 3.63) is 60.3 Å². The van der Waals surface area contributed by atoms with Crippen LogP contribution in [0.4, 0.5) is 5.69 Å². The van der Waals surface area contributed by atoms with Crippen molar-refractivity contribution in [2.24, 2.45) is 0 Å². The number of carbonyl (C=O) groups excluding carboxylic acids is 1. The summed E-state index contributed by atoms with van der Waals surface area (Å²) in [5, 5.41) is 3.91. The van der Waals surface area contributed by atoms with Crippen molar-refractivity contribution >= 4 is 22.5 Å². The highest BCUT2D eigenvalue weighted by Gasteiger charge is 2.09. The van der Waals surface area contributed by atoms with Crippen LogP contribution in [0.3, 0.4) is 0 Å². The van der Waals surface area contributed by atoms with Crippen molar-refractivity contribution in [2.75, 3.05) is 12.4 Å². The molecule has 1 amide bonds. The van der Waals surface area contributed by atoms with Gasteiger partial charge in [0.15, 0.2) is 0 Å². The third-order valence-corrected chi connectivity index (χ3v) is 3.18. The van der Waals surface area contributed by atoms with E-state index in [2.05, 4.69) is 10.3 Å². The van der Waals surface area contributed by atoms with E-state index >= 15 is 0 Å². The molecule has 1 aromatic heterocycles. The Kier molecular flexibility index (Phi) is 3.13. The van der Waals surface area contributed by atoms with Gasteiger partial charge in [0.1, 0.15) is 5.75 Å². The molecule has 1 heterocycles. The van der Waals surface area contributed by atoms with Crippen LogP contribution in [0.2, 0.25) is 0 Å². The Balaban J connectivity index is 1.90. The molecule has 0 radical (unpaired) electrons. The fraction of sp³-hybridized carbons (Fsp3) is 0.0625. The normalized spacial score (nSPS) is 10.4. The van der Waals surface area contributed by atoms with E-state index in [-0.39, 0.29) is 5.91 Å². The Morgan fingerprint density at radius 3 is 2.85 bits per heavy atom. The first-order valence-electron chi connectivity index (χ1n) is 6.29. The van der Waals surface area contributed by atoms with Gasteiger partial charge in [-0.3, -0.25) is 4.79 Å². The van der Waals surface area contributed by atoms with E-state index in [1.54, 1.807) is 25.3 Å². The van der Waals surface area contributed by atoms with Gasteiger partial charge >= 0.3 is 0 Å². The summed E-state index contributed by atoms with van der Waals surface area (Å²) in [4.78, 5) is 15.4. The van der Waals surface area contributed by atoms with Crippen molar-refractivity contribution in [1.29, 1.82) is 0 Å². The lowest BCUT2D eigenvalue weighted by Crippen LogP contribution is -2.12. The standard InChI is InChI=1S/C16H14N2O2/c1-20-12-5-2-4-11(10-12)16(19)18-15-7-3-6-14-13(15)8-9-17-14/h2-10,17H,1H3,(H,18,19). The number of benzene rings is 2. The van der Waals surface area contributed by atoms with E-state index in [9.17, 15) is 4.79 Å². The third kappa shape index (κ3) is 2.23. The minimum atomic E-state index is -0.155. The van der Waals surface area contributed by atoms with E-state index in [4.69, 9.17) is 4.74 Å². The molecule has 0 saturated heterocycles. The number of H-pyrrole nitrogens is 1. The monoisotopic (exact) mass is 266 g/mol. The fourth-order valence-corrected chi connectivity index (χ4v) is 2.15. The number of aromatic nitrogens is 1. The second kappa shape index (κ2) is 5.09. The van der Waals surface area contributed by atoms with Gasteiger partial charge in [-0.15, -0.1) is 0 Å². The first kappa shape index (κ1) is 12.3. The Morgan fingerprint density at radius 1 is 1.15 bits per heavy atom. The number of nitrogens with one attached hydrogen (secondary N) is 2. The van der Waals surface area contributed by atoms with Crippen LogP contribution in [0.5, 0.6) is 5.75 Å². The van der Waals surface area contributed by atoms with Gasteiger partial charge in [-0.05, 0) is 36.4 Å². The highest BCUT2D eigenvalue weighted by molar-refractivity contribution is 6.08. The van der Waals surface area contributed by atoms with Crippen molar-refractivity contribution in [1.82, 2.24) is 4.98 Å². The molecule has 0 fully saturated rings. The summed E-state index contributed by atoms with van der Waals surface area (Å²) in [6.07, 6.45) is 1.85. The molecule has 0 bridgehead atoms. The summed E-state index contributed by atoms with van der Waals surface area (Å²) in [5.41, 5.74) is 2.35. The van der Waals surface area contributed by atoms with E-state index in [0.29, 0.717) is 11.3 Å². The molecule has 0 aliphatic rings. The Bertz CT molecular complexity index is 762. The molecular weight excluding hydrogens is 252 g/mol. The molecule has 4 heteroatoms. The zero-order valence-electron chi connectivity index (χ0n) is 11.0. The van der Waals surface area contributed by atoms with Crippen LogP contribution in [0.1, 0.15) is 10.4 Å². The van der Waals surface area contributed by atoms with Gasteiger partial charge in [-0.25, -0.2) is 0 Å². The number of fused-ring (bicyclic) bond motifs is 1. The molecule has 0 saturated carbocycles. The summed E-state index contributed by atoms with van der Waals surface area (Å²) >= 11 is 0. The molecular formula is C16H14N2O2. The lowest BCUT2D eigenvalue weighted by atomic mass is 10.1. The second-order valence-corrected chi connectivity index (χ2v) is 4.43. The van der Waals surface area contributed by atoms with Crippen LogP contribution in [-0.2, 0) is 0 Å². The third-order valence-electron chi connectivity index (χ3n) is 3.18. The van der Waals surface area contributed by atoms with E-state index in [1.165, 1.54) is 0 Å². The number of anilines is 1. The minimum absolute atomic E-state index is 0.155. The number of ether oxygens (including phenoxy) is 1. The molecule has 4 nitrogen and oxygen atoms in total. The van der Waals surface area contributed by atoms with Crippen molar-refractivity contribution in [2.45, 2.75) is 0 Å². The maximum Gasteiger partial charge on any atom is 0.255 e. The topological polar surface area (TPSA) is 54.1 Å². The summed E-state index contributed by atoms with van der Waals surface area (Å²) in [7, 11) is 1.58. The smallest absolute Gasteiger partial charge is 0.255 e. The highest BCUT2D eigenvalue weighted by Crippen LogP contribution is 2.23. The van der Waals surface area contributed by atoms with Gasteiger partial charge in [-0.1, -0.05) is 12.1 Å². The second-order valence-electron chi connectivity index (χ2n) is 4.43. The molecule has 2 aromatic carbocycles. The van der Waals surface area contributed by atoms with Crippen LogP contribution >= 0.6 is 0 Å². The number of methoxy groups -OCH3 is 1. The molecule has 0 atom stereocenters. The molecule has 0 aliphatic heterocycles. The van der Waals surface area contributed by atoms with Crippen LogP contribution in [0, 0.1) is 0 Å². The zero-order valence-corrected chi connectivity index (χ0v) is 11.0. The van der Waals surface area contributed by atoms with E-state index in [0.717, 1.165) is 16.6 Å². The highest BCUT2D eigenvalue weighted by atomic mass is 16.5. The Hall–Kier alpha value is -2.75. The summed E-state index contributed by atoms with van der Waals surface area (Å²) in [6.45, 7) is 0. The van der Waals surface area contributed by atoms with Crippen LogP contribution in [0.25, 0.3) is 10.9 Å². The van der Waals surface area contributed by atoms with Gasteiger partial charge in [0.25, 0.3) is 5.91 Å². The maximum atomic E-state index is 12.3. The van der Waals surface area contributed by atoms with E-state index < -0.39 is 0 Å². The number of hydrogen-bond acceptors (Lipinski definition) is 2. The molecule has 100 valence electrons. The fourth-order valence-electron chi connectivity index (χ4n) is 2.15. The first-order chi connectivity index (χ1) is 9.78. The maximum absolute atomic E-state index is 12.3. The van der Waals surface area contributed by atoms with Gasteiger partial charge in [0.05, 0.1) is 12.8 Å². The molecule has 20 heavy (non-hydrogen) atoms. The zero-order chi connectivity index (χ0) is 13.9. The number of hydrogen-bond donors (Lipinski definition) is 2. The number of amides is 1. The Labute approximate surface area is 116 Å². The van der Waals surface area contributed by atoms with Crippen LogP contribution < -0.4 is 10.1 Å². The number of carbonyl (C=O) groups is 1. The van der Waals surface area contributed by atoms with E-state index in [1.807, 2.05) is 36.5 Å². The van der Waals surface area contributed by atoms with Crippen molar-refractivity contribution < 1.29 is 9.53 Å². The predicted molar refractivity (Wildman–Crippen MR) is 79.2 cm³/mol. The van der Waals surface area contributed by atoms with Gasteiger partial charge in [0.2, 0.25) is 0 Å². The SMILES string of the molecule is COc1cccc(C(=O)Nc2cccc3[nH]ccc23)c1. The summed E-state index contributed by atoms with van der Waals surface area (Å²) < 4.78 is 5.13. The molecule has 0 spiro atoms. The predicted octanol–water partition coefficient (Wildman–Crippen LogP) is 3.43. The largest absolute Gasteiger partial charge is 0.497 e. The lowest BCUT2D eigenvalue weighted by molar-refractivity contribution is 0.102. The summed E-state index contributed by atoms with van der Waals surface area (Å²) in [5.74, 6) is 0.509. The van der Waals surface area contributed by atoms with Gasteiger partial charge in [0, 0.05) is 22.7 Å². The van der Waals surface area contributed by atoms with Gasteiger partial charge in [-0.2, -0.15) is 0 Å². The van der Waals surface area contributed by atoms with Crippen molar-refractivity contribution in [3.8, 4) is 5.75 Å². The van der Waals surface area contributed by atoms with Crippen LogP contribution in [0.15, 0.2) is 54.7 Å². The summed E-state index contributed by atoms with van der Waals surface area (Å²) in [6, 6.07) is 14.8. The molecule has 0 aliphatic carbocycles. The minimum Gasteiger partial charge on any atom is -0.497 e. The quantitative estimate of drug-likeness (QED) is 0.763. The van der Waals surface area contributed by atoms with Crippen LogP contribution in [-0.4, -0.2) is 18.0 Å². The Morgan fingerprint density at radius 2 is 2.00 bits per heavy atom. The molecule has 3 rings (SSSR count). The first-order valence-corrected chi connectivity index (χ1v) is 6.29. The molecule has 3 aromatic rings. The average Bonchev–Trinajstić information content (AvgIpc) is 2.97.